The molecule has 47 heavy (non-hydrogen) atoms. The molecule has 0 aliphatic carbocycles. The van der Waals surface area contributed by atoms with E-state index in [1.54, 1.807) is 0 Å². The summed E-state index contributed by atoms with van der Waals surface area (Å²) in [5, 5.41) is 12.4. The molecule has 0 fully saturated rings. The lowest BCUT2D eigenvalue weighted by atomic mass is 9.83. The molecule has 2 aromatic rings. The Kier molecular flexibility index (Phi) is 20.5. The van der Waals surface area contributed by atoms with Crippen molar-refractivity contribution < 1.29 is 9.53 Å². The molecule has 0 bridgehead atoms. The van der Waals surface area contributed by atoms with Gasteiger partial charge in [-0.2, -0.15) is 0 Å². The van der Waals surface area contributed by atoms with Crippen LogP contribution in [0.2, 0.25) is 5.04 Å². The van der Waals surface area contributed by atoms with Gasteiger partial charge in [0.25, 0.3) is 8.32 Å². The smallest absolute Gasteiger partial charge is 0.261 e. The van der Waals surface area contributed by atoms with E-state index in [0.29, 0.717) is 30.3 Å². The molecule has 0 radical (unpaired) electrons. The van der Waals surface area contributed by atoms with E-state index in [1.807, 2.05) is 0 Å². The third-order valence-electron chi connectivity index (χ3n) is 10.7. The van der Waals surface area contributed by atoms with Crippen molar-refractivity contribution in [3.8, 4) is 0 Å². The average Bonchev–Trinajstić information content (AvgIpc) is 3.04. The number of unbranched alkanes of at least 4 members (excludes halogenated alkanes) is 12. The van der Waals surface area contributed by atoms with Crippen molar-refractivity contribution in [2.75, 3.05) is 6.61 Å². The second-order valence-electron chi connectivity index (χ2n) is 16.5. The number of rotatable bonds is 26. The molecule has 0 saturated heterocycles. The molecule has 2 nitrogen and oxygen atoms in total. The molecule has 0 heterocycles. The van der Waals surface area contributed by atoms with Crippen molar-refractivity contribution in [2.24, 2.45) is 23.7 Å². The third kappa shape index (κ3) is 14.9. The van der Waals surface area contributed by atoms with Gasteiger partial charge >= 0.3 is 0 Å². The zero-order chi connectivity index (χ0) is 34.5. The van der Waals surface area contributed by atoms with E-state index < -0.39 is 8.32 Å². The largest absolute Gasteiger partial charge is 0.404 e. The highest BCUT2D eigenvalue weighted by Gasteiger charge is 2.51. The summed E-state index contributed by atoms with van der Waals surface area (Å²) in [5.74, 6) is 2.15. The lowest BCUT2D eigenvalue weighted by Gasteiger charge is -2.46. The monoisotopic (exact) mass is 665 g/mol. The van der Waals surface area contributed by atoms with E-state index in [4.69, 9.17) is 4.43 Å². The number of hydrogen-bond donors (Lipinski definition) is 1. The highest BCUT2D eigenvalue weighted by molar-refractivity contribution is 6.99. The fraction of sp³-hybridized carbons (Fsp3) is 0.727. The van der Waals surface area contributed by atoms with Crippen LogP contribution in [0.5, 0.6) is 0 Å². The van der Waals surface area contributed by atoms with E-state index in [9.17, 15) is 5.11 Å². The number of benzene rings is 2. The van der Waals surface area contributed by atoms with Crippen molar-refractivity contribution in [2.45, 2.75) is 176 Å². The summed E-state index contributed by atoms with van der Waals surface area (Å²) in [4.78, 5) is 0. The molecule has 0 amide bonds. The van der Waals surface area contributed by atoms with Crippen molar-refractivity contribution in [3.63, 3.8) is 0 Å². The first-order chi connectivity index (χ1) is 22.5. The molecule has 0 spiro atoms. The molecular formula is C44H76O2Si. The quantitative estimate of drug-likeness (QED) is 0.0801. The van der Waals surface area contributed by atoms with Crippen LogP contribution in [0, 0.1) is 23.7 Å². The van der Waals surface area contributed by atoms with E-state index in [2.05, 4.69) is 116 Å². The molecule has 0 aromatic heterocycles. The fourth-order valence-electron chi connectivity index (χ4n) is 8.17. The summed E-state index contributed by atoms with van der Waals surface area (Å²) in [6.07, 6.45) is 22.9. The van der Waals surface area contributed by atoms with Crippen LogP contribution in [-0.2, 0) is 4.43 Å². The van der Waals surface area contributed by atoms with E-state index in [1.165, 1.54) is 107 Å². The van der Waals surface area contributed by atoms with Crippen LogP contribution in [0.3, 0.4) is 0 Å². The highest BCUT2D eigenvalue weighted by atomic mass is 28.4. The molecule has 0 saturated carbocycles. The van der Waals surface area contributed by atoms with Crippen LogP contribution in [-0.4, -0.2) is 26.1 Å². The maximum atomic E-state index is 9.60. The van der Waals surface area contributed by atoms with Gasteiger partial charge in [-0.25, -0.2) is 0 Å². The maximum Gasteiger partial charge on any atom is 0.261 e. The predicted molar refractivity (Wildman–Crippen MR) is 210 cm³/mol. The summed E-state index contributed by atoms with van der Waals surface area (Å²) in [6.45, 7) is 19.3. The normalized spacial score (nSPS) is 15.7. The summed E-state index contributed by atoms with van der Waals surface area (Å²) in [5.41, 5.74) is 0. The molecule has 268 valence electrons. The molecule has 0 aliphatic heterocycles. The number of aliphatic hydroxyl groups excluding tert-OH is 1. The van der Waals surface area contributed by atoms with Crippen LogP contribution in [0.4, 0.5) is 0 Å². The van der Waals surface area contributed by atoms with Gasteiger partial charge in [-0.15, -0.1) is 0 Å². The summed E-state index contributed by atoms with van der Waals surface area (Å²) < 4.78 is 7.84. The molecule has 5 atom stereocenters. The molecule has 0 aliphatic rings. The zero-order valence-electron chi connectivity index (χ0n) is 32.2. The zero-order valence-corrected chi connectivity index (χ0v) is 33.2. The maximum absolute atomic E-state index is 9.60. The predicted octanol–water partition coefficient (Wildman–Crippen LogP) is 12.1. The van der Waals surface area contributed by atoms with Gasteiger partial charge < -0.3 is 9.53 Å². The first-order valence-electron chi connectivity index (χ1n) is 19.9. The van der Waals surface area contributed by atoms with Gasteiger partial charge in [-0.05, 0) is 64.8 Å². The minimum absolute atomic E-state index is 0.00968. The Morgan fingerprint density at radius 1 is 0.574 bits per heavy atom. The van der Waals surface area contributed by atoms with Crippen molar-refractivity contribution in [3.05, 3.63) is 60.7 Å². The number of hydrogen-bond acceptors (Lipinski definition) is 2. The SMILES string of the molecule is CCCCCCCCCCCCCCC[C@@H](O[Si](c1ccccc1)(c1ccccc1)C(C)(C)C)[C@H](C)C[C@H](C)C[C@H](C)C[C@H](C)CO. The second kappa shape index (κ2) is 23.1. The van der Waals surface area contributed by atoms with Crippen LogP contribution in [0.25, 0.3) is 0 Å². The molecule has 3 heteroatoms. The van der Waals surface area contributed by atoms with Gasteiger partial charge in [0.05, 0.1) is 0 Å². The summed E-state index contributed by atoms with van der Waals surface area (Å²) in [6, 6.07) is 22.5. The minimum Gasteiger partial charge on any atom is -0.404 e. The molecule has 1 N–H and O–H groups in total. The summed E-state index contributed by atoms with van der Waals surface area (Å²) in [7, 11) is -2.62. The molecule has 2 rings (SSSR count). The van der Waals surface area contributed by atoms with Gasteiger partial charge in [0, 0.05) is 12.7 Å². The minimum atomic E-state index is -2.62. The Morgan fingerprint density at radius 2 is 0.979 bits per heavy atom. The first kappa shape index (κ1) is 41.7. The standard InChI is InChI=1S/C44H76O2Si/c1-9-10-11-12-13-14-15-16-17-18-19-20-27-32-43(40(5)35-38(3)33-37(2)34-39(4)36-45)46-47(44(6,7)8,41-28-23-21-24-29-41)42-30-25-22-26-31-42/h21-26,28-31,37-40,43,45H,9-20,27,32-36H2,1-8H3/t37-,38+,39-,40+,43+/m0/s1. The molecule has 0 unspecified atom stereocenters. The Labute approximate surface area is 294 Å². The number of aliphatic hydroxyl groups is 1. The van der Waals surface area contributed by atoms with Gasteiger partial charge in [-0.1, -0.05) is 200 Å². The fourth-order valence-corrected chi connectivity index (χ4v) is 13.0. The topological polar surface area (TPSA) is 29.5 Å². The molecular weight excluding hydrogens is 589 g/mol. The highest BCUT2D eigenvalue weighted by Crippen LogP contribution is 2.40. The first-order valence-corrected chi connectivity index (χ1v) is 21.9. The molecule has 2 aromatic carbocycles. The van der Waals surface area contributed by atoms with Gasteiger partial charge in [0.2, 0.25) is 0 Å². The lowest BCUT2D eigenvalue weighted by molar-refractivity contribution is 0.102. The van der Waals surface area contributed by atoms with Gasteiger partial charge in [0.15, 0.2) is 0 Å². The van der Waals surface area contributed by atoms with Crippen molar-refractivity contribution in [1.82, 2.24) is 0 Å². The third-order valence-corrected chi connectivity index (χ3v) is 15.7. The van der Waals surface area contributed by atoms with Crippen LogP contribution >= 0.6 is 0 Å². The van der Waals surface area contributed by atoms with Crippen LogP contribution in [0.15, 0.2) is 60.7 Å². The van der Waals surface area contributed by atoms with Crippen molar-refractivity contribution in [1.29, 1.82) is 0 Å². The lowest BCUT2D eigenvalue weighted by Crippen LogP contribution is -2.68. The van der Waals surface area contributed by atoms with E-state index in [0.717, 1.165) is 12.8 Å². The second-order valence-corrected chi connectivity index (χ2v) is 20.8. The van der Waals surface area contributed by atoms with Crippen molar-refractivity contribution >= 4 is 18.7 Å². The van der Waals surface area contributed by atoms with Gasteiger partial charge in [0.1, 0.15) is 0 Å². The Balaban J connectivity index is 2.14. The average molecular weight is 665 g/mol. The Bertz CT molecular complexity index is 977. The summed E-state index contributed by atoms with van der Waals surface area (Å²) >= 11 is 0. The Morgan fingerprint density at radius 3 is 1.40 bits per heavy atom. The van der Waals surface area contributed by atoms with Gasteiger partial charge in [-0.3, -0.25) is 0 Å². The van der Waals surface area contributed by atoms with Crippen LogP contribution in [0.1, 0.15) is 165 Å². The van der Waals surface area contributed by atoms with E-state index in [-0.39, 0.29) is 11.1 Å². The van der Waals surface area contributed by atoms with E-state index >= 15 is 0 Å². The van der Waals surface area contributed by atoms with Crippen LogP contribution < -0.4 is 10.4 Å². The Hall–Kier alpha value is -1.42.